The molecule has 1 saturated heterocycles. The van der Waals surface area contributed by atoms with Crippen molar-refractivity contribution in [1.29, 1.82) is 0 Å². The van der Waals surface area contributed by atoms with Gasteiger partial charge in [0.25, 0.3) is 0 Å². The van der Waals surface area contributed by atoms with E-state index in [-0.39, 0.29) is 16.1 Å². The molecular weight excluding hydrogens is 368 g/mol. The number of rotatable bonds is 4. The van der Waals surface area contributed by atoms with Gasteiger partial charge in [-0.25, -0.2) is 13.2 Å². The van der Waals surface area contributed by atoms with Gasteiger partial charge in [-0.15, -0.1) is 0 Å². The molecule has 0 aromatic carbocycles. The van der Waals surface area contributed by atoms with E-state index in [9.17, 15) is 18.0 Å². The largest absolute Gasteiger partial charge is 0.475 e. The summed E-state index contributed by atoms with van der Waals surface area (Å²) in [6, 6.07) is 0.135. The van der Waals surface area contributed by atoms with Crippen molar-refractivity contribution in [3.05, 3.63) is 16.5 Å². The molecule has 0 spiro atoms. The Morgan fingerprint density at radius 2 is 2.19 bits per heavy atom. The van der Waals surface area contributed by atoms with Gasteiger partial charge in [0, 0.05) is 19.7 Å². The van der Waals surface area contributed by atoms with Crippen LogP contribution in [0.25, 0.3) is 0 Å². The molecule has 8 nitrogen and oxygen atoms in total. The number of likely N-dealkylation sites (N-methyl/N-ethyl adjacent to an activating group) is 1. The molecule has 1 atom stereocenters. The van der Waals surface area contributed by atoms with Gasteiger partial charge < -0.3 is 14.8 Å². The Morgan fingerprint density at radius 3 is 2.71 bits per heavy atom. The number of amides is 1. The SMILES string of the molecule is CNC(=O)C1CCCN1S(=O)(=O)c1cc(C(=O)O)oc1Br. The zero-order chi connectivity index (χ0) is 15.8. The number of carboxylic acid groups (broad SMARTS) is 1. The highest BCUT2D eigenvalue weighted by atomic mass is 79.9. The first-order valence-electron chi connectivity index (χ1n) is 6.05. The molecule has 1 aliphatic rings. The van der Waals surface area contributed by atoms with Gasteiger partial charge in [0.15, 0.2) is 4.67 Å². The van der Waals surface area contributed by atoms with Gasteiger partial charge in [0.2, 0.25) is 21.7 Å². The van der Waals surface area contributed by atoms with Gasteiger partial charge >= 0.3 is 5.97 Å². The average molecular weight is 381 g/mol. The van der Waals surface area contributed by atoms with E-state index >= 15 is 0 Å². The van der Waals surface area contributed by atoms with E-state index in [0.717, 1.165) is 10.4 Å². The van der Waals surface area contributed by atoms with Crippen LogP contribution in [0.1, 0.15) is 23.4 Å². The molecule has 1 aromatic rings. The molecular formula is C11H13BrN2O6S. The van der Waals surface area contributed by atoms with Crippen LogP contribution in [0.2, 0.25) is 0 Å². The van der Waals surface area contributed by atoms with E-state index in [4.69, 9.17) is 9.52 Å². The topological polar surface area (TPSA) is 117 Å². The molecule has 1 fully saturated rings. The minimum Gasteiger partial charge on any atom is -0.475 e. The maximum atomic E-state index is 12.6. The molecule has 21 heavy (non-hydrogen) atoms. The summed E-state index contributed by atoms with van der Waals surface area (Å²) in [4.78, 5) is 22.3. The quantitative estimate of drug-likeness (QED) is 0.791. The van der Waals surface area contributed by atoms with Crippen LogP contribution in [0, 0.1) is 0 Å². The van der Waals surface area contributed by atoms with Crippen LogP contribution >= 0.6 is 15.9 Å². The second kappa shape index (κ2) is 5.78. The highest BCUT2D eigenvalue weighted by molar-refractivity contribution is 9.10. The number of carbonyl (C=O) groups is 2. The summed E-state index contributed by atoms with van der Waals surface area (Å²) in [5.41, 5.74) is 0. The van der Waals surface area contributed by atoms with E-state index in [2.05, 4.69) is 21.2 Å². The lowest BCUT2D eigenvalue weighted by atomic mass is 10.2. The van der Waals surface area contributed by atoms with Crippen molar-refractivity contribution in [1.82, 2.24) is 9.62 Å². The third-order valence-corrected chi connectivity index (χ3v) is 5.97. The van der Waals surface area contributed by atoms with Crippen LogP contribution in [0.5, 0.6) is 0 Å². The highest BCUT2D eigenvalue weighted by Crippen LogP contribution is 2.32. The summed E-state index contributed by atoms with van der Waals surface area (Å²) in [5.74, 6) is -2.26. The molecule has 1 aliphatic heterocycles. The summed E-state index contributed by atoms with van der Waals surface area (Å²) >= 11 is 2.91. The second-order valence-corrected chi connectivity index (χ2v) is 7.02. The number of nitrogens with one attached hydrogen (secondary N) is 1. The Morgan fingerprint density at radius 1 is 1.52 bits per heavy atom. The number of aromatic carboxylic acids is 1. The van der Waals surface area contributed by atoms with Crippen molar-refractivity contribution in [2.45, 2.75) is 23.8 Å². The van der Waals surface area contributed by atoms with Crippen molar-refractivity contribution in [2.75, 3.05) is 13.6 Å². The number of furan rings is 1. The van der Waals surface area contributed by atoms with Crippen LogP contribution in [0.3, 0.4) is 0 Å². The van der Waals surface area contributed by atoms with Crippen LogP contribution in [0.15, 0.2) is 20.0 Å². The van der Waals surface area contributed by atoms with Crippen molar-refractivity contribution >= 4 is 37.8 Å². The third kappa shape index (κ3) is 2.83. The van der Waals surface area contributed by atoms with Gasteiger partial charge in [0.05, 0.1) is 0 Å². The Hall–Kier alpha value is -1.39. The Bertz CT molecular complexity index is 683. The van der Waals surface area contributed by atoms with Crippen LogP contribution in [-0.4, -0.2) is 49.3 Å². The smallest absolute Gasteiger partial charge is 0.371 e. The molecule has 10 heteroatoms. The van der Waals surface area contributed by atoms with Crippen molar-refractivity contribution in [3.8, 4) is 0 Å². The molecule has 2 rings (SSSR count). The first-order chi connectivity index (χ1) is 9.78. The number of carboxylic acids is 1. The number of hydrogen-bond acceptors (Lipinski definition) is 5. The van der Waals surface area contributed by atoms with E-state index in [1.165, 1.54) is 7.05 Å². The normalized spacial score (nSPS) is 19.6. The molecule has 2 N–H and O–H groups in total. The Kier molecular flexibility index (Phi) is 4.40. The molecule has 0 bridgehead atoms. The van der Waals surface area contributed by atoms with Crippen molar-refractivity contribution in [3.63, 3.8) is 0 Å². The first-order valence-corrected chi connectivity index (χ1v) is 8.28. The minimum absolute atomic E-state index is 0.192. The fourth-order valence-electron chi connectivity index (χ4n) is 2.22. The van der Waals surface area contributed by atoms with E-state index < -0.39 is 33.7 Å². The number of nitrogens with zero attached hydrogens (tertiary/aromatic N) is 1. The molecule has 1 amide bonds. The molecule has 0 saturated carbocycles. The Labute approximate surface area is 129 Å². The third-order valence-electron chi connectivity index (χ3n) is 3.21. The first kappa shape index (κ1) is 16.0. The molecule has 1 aromatic heterocycles. The van der Waals surface area contributed by atoms with Gasteiger partial charge in [-0.3, -0.25) is 4.79 Å². The van der Waals surface area contributed by atoms with E-state index in [0.29, 0.717) is 12.8 Å². The highest BCUT2D eigenvalue weighted by Gasteiger charge is 2.41. The summed E-state index contributed by atoms with van der Waals surface area (Å²) in [6.45, 7) is 0.195. The molecule has 2 heterocycles. The lowest BCUT2D eigenvalue weighted by molar-refractivity contribution is -0.123. The van der Waals surface area contributed by atoms with Gasteiger partial charge in [-0.1, -0.05) is 0 Å². The van der Waals surface area contributed by atoms with Crippen molar-refractivity contribution in [2.24, 2.45) is 0 Å². The lowest BCUT2D eigenvalue weighted by Gasteiger charge is -2.22. The van der Waals surface area contributed by atoms with Gasteiger partial charge in [0.1, 0.15) is 10.9 Å². The summed E-state index contributed by atoms with van der Waals surface area (Å²) < 4.78 is 30.9. The number of carbonyl (C=O) groups excluding carboxylic acids is 1. The van der Waals surface area contributed by atoms with Crippen LogP contribution in [-0.2, 0) is 14.8 Å². The number of sulfonamides is 1. The predicted octanol–water partition coefficient (Wildman–Crippen LogP) is 0.639. The number of hydrogen-bond donors (Lipinski definition) is 2. The summed E-state index contributed by atoms with van der Waals surface area (Å²) in [7, 11) is -2.59. The van der Waals surface area contributed by atoms with E-state index in [1.807, 2.05) is 0 Å². The van der Waals surface area contributed by atoms with Crippen LogP contribution < -0.4 is 5.32 Å². The van der Waals surface area contributed by atoms with Crippen molar-refractivity contribution < 1.29 is 27.5 Å². The molecule has 0 radical (unpaired) electrons. The zero-order valence-corrected chi connectivity index (χ0v) is 13.4. The van der Waals surface area contributed by atoms with Gasteiger partial charge in [-0.2, -0.15) is 4.31 Å². The fraction of sp³-hybridized carbons (Fsp3) is 0.455. The Balaban J connectivity index is 2.42. The lowest BCUT2D eigenvalue weighted by Crippen LogP contribution is -2.44. The average Bonchev–Trinajstić information content (AvgIpc) is 3.04. The molecule has 116 valence electrons. The summed E-state index contributed by atoms with van der Waals surface area (Å²) in [5, 5.41) is 11.3. The van der Waals surface area contributed by atoms with Crippen LogP contribution in [0.4, 0.5) is 0 Å². The fourth-order valence-corrected chi connectivity index (χ4v) is 4.78. The van der Waals surface area contributed by atoms with Gasteiger partial charge in [-0.05, 0) is 28.8 Å². The maximum Gasteiger partial charge on any atom is 0.371 e. The monoisotopic (exact) mass is 380 g/mol. The standard InChI is InChI=1S/C11H13BrN2O6S/c1-13-10(15)6-3-2-4-14(6)21(18,19)8-5-7(11(16)17)20-9(8)12/h5-6H,2-4H2,1H3,(H,13,15)(H,16,17). The number of halogens is 1. The molecule has 0 aliphatic carbocycles. The molecule has 1 unspecified atom stereocenters. The zero-order valence-electron chi connectivity index (χ0n) is 11.0. The summed E-state index contributed by atoms with van der Waals surface area (Å²) in [6.07, 6.45) is 0.971. The predicted molar refractivity (Wildman–Crippen MR) is 74.3 cm³/mol. The minimum atomic E-state index is -4.02. The second-order valence-electron chi connectivity index (χ2n) is 4.44. The van der Waals surface area contributed by atoms with E-state index in [1.54, 1.807) is 0 Å². The maximum absolute atomic E-state index is 12.6.